The lowest BCUT2D eigenvalue weighted by atomic mass is 10.5. The highest BCUT2D eigenvalue weighted by Crippen LogP contribution is 2.12. The molecular formula is C9H17N3O2S2. The van der Waals surface area contributed by atoms with E-state index in [1.54, 1.807) is 0 Å². The van der Waals surface area contributed by atoms with Crippen LogP contribution in [0.2, 0.25) is 0 Å². The highest BCUT2D eigenvalue weighted by Gasteiger charge is 2.26. The smallest absolute Gasteiger partial charge is 0.164 e. The first-order valence-corrected chi connectivity index (χ1v) is 6.33. The van der Waals surface area contributed by atoms with Gasteiger partial charge in [0.15, 0.2) is 4.32 Å². The predicted octanol–water partition coefficient (Wildman–Crippen LogP) is -0.00250. The summed E-state index contributed by atoms with van der Waals surface area (Å²) in [6.07, 6.45) is 0. The zero-order valence-corrected chi connectivity index (χ0v) is 10.9. The van der Waals surface area contributed by atoms with Gasteiger partial charge in [0.05, 0.1) is 26.4 Å². The number of nitrogens with zero attached hydrogens (tertiary/aromatic N) is 3. The third kappa shape index (κ3) is 3.06. The van der Waals surface area contributed by atoms with Crippen LogP contribution in [-0.2, 0) is 9.47 Å². The number of hydrogen-bond donors (Lipinski definition) is 1. The van der Waals surface area contributed by atoms with Crippen molar-refractivity contribution in [1.29, 1.82) is 0 Å². The maximum absolute atomic E-state index is 5.34. The summed E-state index contributed by atoms with van der Waals surface area (Å²) in [5.41, 5.74) is 0. The van der Waals surface area contributed by atoms with E-state index >= 15 is 0 Å². The van der Waals surface area contributed by atoms with E-state index in [1.807, 2.05) is 5.12 Å². The van der Waals surface area contributed by atoms with Crippen LogP contribution in [0.4, 0.5) is 0 Å². The van der Waals surface area contributed by atoms with Crippen molar-refractivity contribution in [3.63, 3.8) is 0 Å². The molecule has 92 valence electrons. The molecule has 7 heteroatoms. The number of hydrazine groups is 2. The number of thiol groups is 1. The molecule has 0 unspecified atom stereocenters. The Morgan fingerprint density at radius 2 is 1.31 bits per heavy atom. The van der Waals surface area contributed by atoms with E-state index in [0.717, 1.165) is 52.6 Å². The fourth-order valence-electron chi connectivity index (χ4n) is 1.91. The maximum Gasteiger partial charge on any atom is 0.164 e. The largest absolute Gasteiger partial charge is 0.379 e. The van der Waals surface area contributed by atoms with Gasteiger partial charge in [-0.25, -0.2) is 5.12 Å². The quantitative estimate of drug-likeness (QED) is 0.557. The fraction of sp³-hybridized carbons (Fsp3) is 0.889. The second-order valence-corrected chi connectivity index (χ2v) is 4.82. The molecule has 2 aliphatic rings. The van der Waals surface area contributed by atoms with Crippen LogP contribution >= 0.6 is 24.8 Å². The number of rotatable bonds is 2. The van der Waals surface area contributed by atoms with Gasteiger partial charge in [0.2, 0.25) is 0 Å². The van der Waals surface area contributed by atoms with Gasteiger partial charge in [0.25, 0.3) is 0 Å². The first-order valence-electron chi connectivity index (χ1n) is 5.47. The second kappa shape index (κ2) is 6.13. The number of hydrogen-bond acceptors (Lipinski definition) is 5. The molecule has 0 atom stereocenters. The normalized spacial score (nSPS) is 24.3. The second-order valence-electron chi connectivity index (χ2n) is 3.70. The molecule has 2 heterocycles. The fourth-order valence-corrected chi connectivity index (χ4v) is 2.39. The molecule has 2 aliphatic heterocycles. The lowest BCUT2D eigenvalue weighted by molar-refractivity contribution is -0.176. The predicted molar refractivity (Wildman–Crippen MR) is 68.2 cm³/mol. The van der Waals surface area contributed by atoms with Crippen LogP contribution in [0.1, 0.15) is 0 Å². The summed E-state index contributed by atoms with van der Waals surface area (Å²) in [5.74, 6) is 0. The summed E-state index contributed by atoms with van der Waals surface area (Å²) < 4.78 is 11.3. The highest BCUT2D eigenvalue weighted by atomic mass is 32.1. The van der Waals surface area contributed by atoms with Crippen LogP contribution in [0.15, 0.2) is 0 Å². The summed E-state index contributed by atoms with van der Waals surface area (Å²) in [4.78, 5) is 0. The SMILES string of the molecule is S=C(S)N(N1CCOCC1)N1CCOCC1. The van der Waals surface area contributed by atoms with Gasteiger partial charge in [0, 0.05) is 26.2 Å². The lowest BCUT2D eigenvalue weighted by Crippen LogP contribution is -2.60. The van der Waals surface area contributed by atoms with Gasteiger partial charge in [-0.05, 0) is 12.2 Å². The first kappa shape index (κ1) is 12.5. The van der Waals surface area contributed by atoms with Gasteiger partial charge in [-0.3, -0.25) is 0 Å². The van der Waals surface area contributed by atoms with Gasteiger partial charge in [-0.1, -0.05) is 0 Å². The Labute approximate surface area is 107 Å². The Balaban J connectivity index is 1.99. The Kier molecular flexibility index (Phi) is 4.80. The Morgan fingerprint density at radius 3 is 1.62 bits per heavy atom. The topological polar surface area (TPSA) is 28.2 Å². The van der Waals surface area contributed by atoms with Crippen molar-refractivity contribution >= 4 is 29.2 Å². The van der Waals surface area contributed by atoms with Crippen molar-refractivity contribution in [2.45, 2.75) is 0 Å². The third-order valence-corrected chi connectivity index (χ3v) is 3.02. The molecule has 0 aromatic heterocycles. The number of ether oxygens (including phenoxy) is 2. The van der Waals surface area contributed by atoms with Crippen LogP contribution in [0.25, 0.3) is 0 Å². The molecule has 0 spiro atoms. The summed E-state index contributed by atoms with van der Waals surface area (Å²) >= 11 is 9.51. The minimum atomic E-state index is 0.587. The Morgan fingerprint density at radius 1 is 0.938 bits per heavy atom. The van der Waals surface area contributed by atoms with E-state index in [1.165, 1.54) is 0 Å². The van der Waals surface area contributed by atoms with Crippen molar-refractivity contribution in [3.8, 4) is 0 Å². The zero-order chi connectivity index (χ0) is 11.4. The first-order chi connectivity index (χ1) is 7.79. The standard InChI is InChI=1S/C9H17N3O2S2/c15-9(16)12(10-1-5-13-6-2-10)11-3-7-14-8-4-11/h1-8H2,(H,15,16). The van der Waals surface area contributed by atoms with Crippen LogP contribution in [0.3, 0.4) is 0 Å². The van der Waals surface area contributed by atoms with E-state index in [2.05, 4.69) is 22.6 Å². The molecule has 0 N–H and O–H groups in total. The van der Waals surface area contributed by atoms with E-state index in [4.69, 9.17) is 21.7 Å². The minimum Gasteiger partial charge on any atom is -0.379 e. The van der Waals surface area contributed by atoms with Crippen molar-refractivity contribution in [2.24, 2.45) is 0 Å². The summed E-state index contributed by atoms with van der Waals surface area (Å²) in [6, 6.07) is 0. The molecule has 0 bridgehead atoms. The molecule has 2 fully saturated rings. The zero-order valence-electron chi connectivity index (χ0n) is 9.17. The maximum atomic E-state index is 5.34. The molecule has 0 radical (unpaired) electrons. The summed E-state index contributed by atoms with van der Waals surface area (Å²) in [5, 5.41) is 6.36. The molecular weight excluding hydrogens is 246 g/mol. The van der Waals surface area contributed by atoms with Gasteiger partial charge in [0.1, 0.15) is 0 Å². The van der Waals surface area contributed by atoms with Gasteiger partial charge >= 0.3 is 0 Å². The van der Waals surface area contributed by atoms with Crippen LogP contribution in [0, 0.1) is 0 Å². The van der Waals surface area contributed by atoms with Crippen LogP contribution in [-0.4, -0.2) is 72.1 Å². The monoisotopic (exact) mass is 263 g/mol. The van der Waals surface area contributed by atoms with Gasteiger partial charge in [-0.2, -0.15) is 10.0 Å². The molecule has 2 saturated heterocycles. The van der Waals surface area contributed by atoms with E-state index < -0.39 is 0 Å². The molecule has 0 aliphatic carbocycles. The molecule has 2 rings (SSSR count). The van der Waals surface area contributed by atoms with Gasteiger partial charge in [-0.15, -0.1) is 12.6 Å². The minimum absolute atomic E-state index is 0.587. The highest BCUT2D eigenvalue weighted by molar-refractivity contribution is 8.10. The van der Waals surface area contributed by atoms with E-state index in [9.17, 15) is 0 Å². The summed E-state index contributed by atoms with van der Waals surface area (Å²) in [6.45, 7) is 6.43. The molecule has 16 heavy (non-hydrogen) atoms. The van der Waals surface area contributed by atoms with Crippen molar-refractivity contribution in [1.82, 2.24) is 15.1 Å². The Hall–Kier alpha value is 0.0800. The third-order valence-electron chi connectivity index (χ3n) is 2.68. The van der Waals surface area contributed by atoms with E-state index in [0.29, 0.717) is 4.32 Å². The molecule has 5 nitrogen and oxygen atoms in total. The van der Waals surface area contributed by atoms with Gasteiger partial charge < -0.3 is 9.47 Å². The molecule has 0 aromatic rings. The van der Waals surface area contributed by atoms with Crippen LogP contribution < -0.4 is 0 Å². The van der Waals surface area contributed by atoms with Crippen LogP contribution in [0.5, 0.6) is 0 Å². The average Bonchev–Trinajstić information content (AvgIpc) is 2.31. The summed E-state index contributed by atoms with van der Waals surface area (Å²) in [7, 11) is 0. The van der Waals surface area contributed by atoms with Crippen molar-refractivity contribution in [2.75, 3.05) is 52.6 Å². The van der Waals surface area contributed by atoms with E-state index in [-0.39, 0.29) is 0 Å². The van der Waals surface area contributed by atoms with Crippen molar-refractivity contribution < 1.29 is 9.47 Å². The molecule has 0 amide bonds. The number of morpholine rings is 2. The molecule has 0 aromatic carbocycles. The van der Waals surface area contributed by atoms with Crippen molar-refractivity contribution in [3.05, 3.63) is 0 Å². The molecule has 0 saturated carbocycles. The number of thiocarbonyl (C=S) groups is 1. The average molecular weight is 263 g/mol. The Bertz CT molecular complexity index is 225. The lowest BCUT2D eigenvalue weighted by Gasteiger charge is -2.45.